The van der Waals surface area contributed by atoms with Crippen molar-refractivity contribution in [1.29, 1.82) is 0 Å². The molecule has 1 atom stereocenters. The molecule has 5 nitrogen and oxygen atoms in total. The minimum atomic E-state index is -0.0761. The second kappa shape index (κ2) is 6.44. The van der Waals surface area contributed by atoms with E-state index in [-0.39, 0.29) is 11.9 Å². The zero-order chi connectivity index (χ0) is 16.2. The first kappa shape index (κ1) is 15.0. The van der Waals surface area contributed by atoms with E-state index >= 15 is 0 Å². The Labute approximate surface area is 135 Å². The molecule has 1 aromatic heterocycles. The number of carbonyl (C=O) groups is 1. The van der Waals surface area contributed by atoms with E-state index in [1.807, 2.05) is 62.4 Å². The molecule has 0 fully saturated rings. The van der Waals surface area contributed by atoms with Crippen LogP contribution in [-0.2, 0) is 0 Å². The summed E-state index contributed by atoms with van der Waals surface area (Å²) < 4.78 is 1.69. The van der Waals surface area contributed by atoms with Gasteiger partial charge < -0.3 is 5.32 Å². The number of nitrogens with zero attached hydrogens (tertiary/aromatic N) is 3. The second-order valence-electron chi connectivity index (χ2n) is 5.50. The van der Waals surface area contributed by atoms with Gasteiger partial charge in [-0.2, -0.15) is 5.10 Å². The molecular formula is C18H18N4O. The van der Waals surface area contributed by atoms with E-state index in [2.05, 4.69) is 15.4 Å². The lowest BCUT2D eigenvalue weighted by Crippen LogP contribution is -2.26. The summed E-state index contributed by atoms with van der Waals surface area (Å²) in [6.45, 7) is 3.95. The van der Waals surface area contributed by atoms with E-state index < -0.39 is 0 Å². The van der Waals surface area contributed by atoms with Crippen molar-refractivity contribution in [1.82, 2.24) is 20.1 Å². The van der Waals surface area contributed by atoms with Gasteiger partial charge in [0.1, 0.15) is 12.7 Å². The highest BCUT2D eigenvalue weighted by atomic mass is 16.1. The van der Waals surface area contributed by atoms with E-state index in [0.717, 1.165) is 16.8 Å². The van der Waals surface area contributed by atoms with Gasteiger partial charge in [-0.1, -0.05) is 29.8 Å². The van der Waals surface area contributed by atoms with Gasteiger partial charge in [0.25, 0.3) is 5.91 Å². The van der Waals surface area contributed by atoms with Gasteiger partial charge in [0.15, 0.2) is 0 Å². The van der Waals surface area contributed by atoms with Crippen LogP contribution in [0.1, 0.15) is 34.5 Å². The molecule has 0 aliphatic heterocycles. The first-order valence-corrected chi connectivity index (χ1v) is 7.46. The van der Waals surface area contributed by atoms with Crippen LogP contribution in [0.4, 0.5) is 0 Å². The number of carbonyl (C=O) groups excluding carboxylic acids is 1. The van der Waals surface area contributed by atoms with Crippen molar-refractivity contribution >= 4 is 5.91 Å². The second-order valence-corrected chi connectivity index (χ2v) is 5.50. The number of aromatic nitrogens is 3. The van der Waals surface area contributed by atoms with Crippen LogP contribution in [0, 0.1) is 6.92 Å². The van der Waals surface area contributed by atoms with Gasteiger partial charge in [-0.15, -0.1) is 0 Å². The Morgan fingerprint density at radius 2 is 1.96 bits per heavy atom. The van der Waals surface area contributed by atoms with Crippen molar-refractivity contribution in [2.24, 2.45) is 0 Å². The number of benzene rings is 2. The van der Waals surface area contributed by atoms with E-state index in [1.54, 1.807) is 11.0 Å². The maximum atomic E-state index is 12.3. The molecule has 5 heteroatoms. The summed E-state index contributed by atoms with van der Waals surface area (Å²) >= 11 is 0. The van der Waals surface area contributed by atoms with Crippen LogP contribution in [0.15, 0.2) is 61.2 Å². The van der Waals surface area contributed by atoms with Crippen molar-refractivity contribution in [2.45, 2.75) is 19.9 Å². The van der Waals surface area contributed by atoms with E-state index in [0.29, 0.717) is 5.56 Å². The first-order chi connectivity index (χ1) is 11.1. The summed E-state index contributed by atoms with van der Waals surface area (Å²) in [5, 5.41) is 7.11. The van der Waals surface area contributed by atoms with Crippen molar-refractivity contribution in [3.05, 3.63) is 77.9 Å². The first-order valence-electron chi connectivity index (χ1n) is 7.46. The molecule has 0 aliphatic carbocycles. The monoisotopic (exact) mass is 306 g/mol. The summed E-state index contributed by atoms with van der Waals surface area (Å²) in [7, 11) is 0. The third kappa shape index (κ3) is 3.45. The predicted molar refractivity (Wildman–Crippen MR) is 88.4 cm³/mol. The third-order valence-electron chi connectivity index (χ3n) is 3.70. The molecule has 0 bridgehead atoms. The minimum absolute atomic E-state index is 0.0680. The quantitative estimate of drug-likeness (QED) is 0.806. The zero-order valence-electron chi connectivity index (χ0n) is 13.1. The van der Waals surface area contributed by atoms with E-state index in [9.17, 15) is 4.79 Å². The van der Waals surface area contributed by atoms with Crippen LogP contribution in [0.2, 0.25) is 0 Å². The van der Waals surface area contributed by atoms with Gasteiger partial charge in [-0.05, 0) is 43.7 Å². The van der Waals surface area contributed by atoms with Crippen LogP contribution < -0.4 is 5.32 Å². The van der Waals surface area contributed by atoms with Gasteiger partial charge in [-0.25, -0.2) is 9.67 Å². The Balaban J connectivity index is 1.70. The van der Waals surface area contributed by atoms with Gasteiger partial charge in [0.2, 0.25) is 0 Å². The SMILES string of the molecule is Cc1cccc(C(=O)N[C@@H](C)c2ccc(-n3cncn3)cc2)c1. The smallest absolute Gasteiger partial charge is 0.251 e. The van der Waals surface area contributed by atoms with Gasteiger partial charge >= 0.3 is 0 Å². The molecule has 2 aromatic carbocycles. The number of hydrogen-bond acceptors (Lipinski definition) is 3. The van der Waals surface area contributed by atoms with Gasteiger partial charge in [-0.3, -0.25) is 4.79 Å². The highest BCUT2D eigenvalue weighted by Gasteiger charge is 2.11. The van der Waals surface area contributed by atoms with E-state index in [1.165, 1.54) is 6.33 Å². The summed E-state index contributed by atoms with van der Waals surface area (Å²) in [6, 6.07) is 15.4. The van der Waals surface area contributed by atoms with Crippen LogP contribution in [-0.4, -0.2) is 20.7 Å². The van der Waals surface area contributed by atoms with Crippen molar-refractivity contribution in [3.63, 3.8) is 0 Å². The maximum Gasteiger partial charge on any atom is 0.251 e. The average Bonchev–Trinajstić information content (AvgIpc) is 3.09. The van der Waals surface area contributed by atoms with Crippen molar-refractivity contribution in [3.8, 4) is 5.69 Å². The molecule has 3 rings (SSSR count). The lowest BCUT2D eigenvalue weighted by Gasteiger charge is -2.15. The third-order valence-corrected chi connectivity index (χ3v) is 3.70. The number of aryl methyl sites for hydroxylation is 1. The molecule has 0 aliphatic rings. The highest BCUT2D eigenvalue weighted by molar-refractivity contribution is 5.94. The number of rotatable bonds is 4. The predicted octanol–water partition coefficient (Wildman–Crippen LogP) is 3.07. The Morgan fingerprint density at radius 1 is 1.17 bits per heavy atom. The molecule has 0 radical (unpaired) electrons. The van der Waals surface area contributed by atoms with Crippen molar-refractivity contribution < 1.29 is 4.79 Å². The van der Waals surface area contributed by atoms with Crippen LogP contribution in [0.5, 0.6) is 0 Å². The molecule has 1 N–H and O–H groups in total. The van der Waals surface area contributed by atoms with Crippen LogP contribution >= 0.6 is 0 Å². The fourth-order valence-electron chi connectivity index (χ4n) is 2.41. The molecule has 1 amide bonds. The number of amides is 1. The number of nitrogens with one attached hydrogen (secondary N) is 1. The molecule has 3 aromatic rings. The molecule has 23 heavy (non-hydrogen) atoms. The Bertz CT molecular complexity index is 794. The molecule has 0 saturated carbocycles. The molecule has 0 saturated heterocycles. The molecular weight excluding hydrogens is 288 g/mol. The molecule has 116 valence electrons. The normalized spacial score (nSPS) is 11.9. The standard InChI is InChI=1S/C18H18N4O/c1-13-4-3-5-16(10-13)18(23)21-14(2)15-6-8-17(9-7-15)22-12-19-11-20-22/h3-12,14H,1-2H3,(H,21,23)/t14-/m0/s1. The topological polar surface area (TPSA) is 59.8 Å². The highest BCUT2D eigenvalue weighted by Crippen LogP contribution is 2.16. The Hall–Kier alpha value is -2.95. The zero-order valence-corrected chi connectivity index (χ0v) is 13.1. The lowest BCUT2D eigenvalue weighted by molar-refractivity contribution is 0.0940. The fraction of sp³-hybridized carbons (Fsp3) is 0.167. The summed E-state index contributed by atoms with van der Waals surface area (Å²) in [4.78, 5) is 16.2. The number of hydrogen-bond donors (Lipinski definition) is 1. The van der Waals surface area contributed by atoms with Crippen molar-refractivity contribution in [2.75, 3.05) is 0 Å². The van der Waals surface area contributed by atoms with Gasteiger partial charge in [0, 0.05) is 5.56 Å². The Morgan fingerprint density at radius 3 is 2.61 bits per heavy atom. The largest absolute Gasteiger partial charge is 0.346 e. The summed E-state index contributed by atoms with van der Waals surface area (Å²) in [6.07, 6.45) is 3.15. The fourth-order valence-corrected chi connectivity index (χ4v) is 2.41. The van der Waals surface area contributed by atoms with Crippen LogP contribution in [0.25, 0.3) is 5.69 Å². The van der Waals surface area contributed by atoms with Crippen LogP contribution in [0.3, 0.4) is 0 Å². The summed E-state index contributed by atoms with van der Waals surface area (Å²) in [5.41, 5.74) is 3.72. The molecule has 0 unspecified atom stereocenters. The molecule has 0 spiro atoms. The lowest BCUT2D eigenvalue weighted by atomic mass is 10.1. The van der Waals surface area contributed by atoms with Gasteiger partial charge in [0.05, 0.1) is 11.7 Å². The van der Waals surface area contributed by atoms with E-state index in [4.69, 9.17) is 0 Å². The minimum Gasteiger partial charge on any atom is -0.346 e. The maximum absolute atomic E-state index is 12.3. The average molecular weight is 306 g/mol. The Kier molecular flexibility index (Phi) is 4.19. The summed E-state index contributed by atoms with van der Waals surface area (Å²) in [5.74, 6) is -0.0680. The molecule has 1 heterocycles.